The van der Waals surface area contributed by atoms with Gasteiger partial charge < -0.3 is 18.6 Å². The number of pyridine rings is 2. The fraction of sp³-hybridized carbons (Fsp3) is 0.273. The van der Waals surface area contributed by atoms with Gasteiger partial charge in [0.25, 0.3) is 0 Å². The lowest BCUT2D eigenvalue weighted by Gasteiger charge is -2.22. The normalized spacial score (nSPS) is 15.8. The summed E-state index contributed by atoms with van der Waals surface area (Å²) < 4.78 is 45.4. The number of hydrogen-bond acceptors (Lipinski definition) is 10. The zero-order valence-corrected chi connectivity index (χ0v) is 33.6. The van der Waals surface area contributed by atoms with Crippen molar-refractivity contribution in [3.8, 4) is 46.2 Å². The van der Waals surface area contributed by atoms with Gasteiger partial charge in [-0.05, 0) is 99.2 Å². The Kier molecular flexibility index (Phi) is 10.4. The molecule has 6 aromatic heterocycles. The van der Waals surface area contributed by atoms with Crippen molar-refractivity contribution in [2.24, 2.45) is 0 Å². The van der Waals surface area contributed by atoms with Crippen LogP contribution in [0.25, 0.3) is 34.4 Å². The molecule has 0 aliphatic carbocycles. The first-order valence-electron chi connectivity index (χ1n) is 19.8. The zero-order valence-electron chi connectivity index (χ0n) is 33.6. The summed E-state index contributed by atoms with van der Waals surface area (Å²) in [5.74, 6) is 3.57. The fourth-order valence-electron chi connectivity index (χ4n) is 7.85. The molecular weight excluding hydrogens is 767 g/mol. The molecule has 304 valence electrons. The van der Waals surface area contributed by atoms with Crippen LogP contribution in [-0.4, -0.2) is 72.8 Å². The Morgan fingerprint density at radius 2 is 0.967 bits per heavy atom. The predicted molar refractivity (Wildman–Crippen MR) is 218 cm³/mol. The summed E-state index contributed by atoms with van der Waals surface area (Å²) in [5.41, 5.74) is 6.82. The molecule has 0 spiro atoms. The molecule has 2 aliphatic rings. The first-order valence-corrected chi connectivity index (χ1v) is 19.8. The van der Waals surface area contributed by atoms with Crippen molar-refractivity contribution in [2.45, 2.75) is 64.5 Å². The SMILES string of the molecule is COc1nc(-c2nc3n(n2)CCC[C@@H]3c2ccc(F)cc2)ccc1-n1cnc(C)c1.COc1nc(-c2nc3n(n2)CCC[C@H]3c2ccc(F)cc2)ccc1-n1cnc(C)c1. The largest absolute Gasteiger partial charge is 0.479 e. The molecule has 10 rings (SSSR count). The molecule has 0 amide bonds. The molecular formula is C44H42F2N12O2. The predicted octanol–water partition coefficient (Wildman–Crippen LogP) is 7.82. The molecule has 0 fully saturated rings. The van der Waals surface area contributed by atoms with Gasteiger partial charge in [-0.3, -0.25) is 0 Å². The number of aryl methyl sites for hydroxylation is 4. The molecule has 16 heteroatoms. The number of halogens is 2. The second-order valence-electron chi connectivity index (χ2n) is 14.8. The van der Waals surface area contributed by atoms with Gasteiger partial charge in [0.15, 0.2) is 11.6 Å². The van der Waals surface area contributed by atoms with Crippen LogP contribution >= 0.6 is 0 Å². The Morgan fingerprint density at radius 3 is 1.33 bits per heavy atom. The molecule has 14 nitrogen and oxygen atoms in total. The molecule has 8 aromatic rings. The van der Waals surface area contributed by atoms with Crippen molar-refractivity contribution in [3.63, 3.8) is 0 Å². The molecule has 2 atom stereocenters. The van der Waals surface area contributed by atoms with Crippen molar-refractivity contribution in [1.82, 2.24) is 58.6 Å². The number of methoxy groups -OCH3 is 2. The molecule has 0 saturated heterocycles. The van der Waals surface area contributed by atoms with Crippen molar-refractivity contribution in [3.05, 3.63) is 144 Å². The van der Waals surface area contributed by atoms with Crippen LogP contribution in [-0.2, 0) is 13.1 Å². The van der Waals surface area contributed by atoms with E-state index in [1.165, 1.54) is 24.3 Å². The van der Waals surface area contributed by atoms with E-state index in [0.717, 1.165) is 84.3 Å². The fourth-order valence-corrected chi connectivity index (χ4v) is 7.85. The summed E-state index contributed by atoms with van der Waals surface area (Å²) in [7, 11) is 3.19. The van der Waals surface area contributed by atoms with Crippen LogP contribution < -0.4 is 9.47 Å². The Hall–Kier alpha value is -7.10. The first kappa shape index (κ1) is 38.4. The quantitative estimate of drug-likeness (QED) is 0.149. The highest BCUT2D eigenvalue weighted by molar-refractivity contribution is 5.57. The zero-order chi connectivity index (χ0) is 41.3. The van der Waals surface area contributed by atoms with Crippen molar-refractivity contribution in [1.29, 1.82) is 0 Å². The Morgan fingerprint density at radius 1 is 0.550 bits per heavy atom. The molecule has 0 radical (unpaired) electrons. The van der Waals surface area contributed by atoms with Crippen LogP contribution in [0.2, 0.25) is 0 Å². The Balaban J connectivity index is 0.000000154. The summed E-state index contributed by atoms with van der Waals surface area (Å²) >= 11 is 0. The minimum atomic E-state index is -0.235. The van der Waals surface area contributed by atoms with Gasteiger partial charge in [-0.25, -0.2) is 48.0 Å². The lowest BCUT2D eigenvalue weighted by molar-refractivity contribution is 0.396. The number of imidazole rings is 2. The standard InChI is InChI=1S/2C22H21FN6O/c2*1-14-12-28(13-24-14)19-10-9-18(25-22(19)30-2)20-26-21-17(4-3-11-29(21)27-20)15-5-7-16(23)8-6-15/h2*5-10,12-13,17H,3-4,11H2,1-2H3/t2*17-/m10/s1. The number of rotatable bonds is 8. The van der Waals surface area contributed by atoms with Gasteiger partial charge in [-0.15, -0.1) is 10.2 Å². The molecule has 8 heterocycles. The highest BCUT2D eigenvalue weighted by Gasteiger charge is 2.28. The summed E-state index contributed by atoms with van der Waals surface area (Å²) in [6.07, 6.45) is 11.2. The number of ether oxygens (including phenoxy) is 2. The maximum absolute atomic E-state index is 13.3. The van der Waals surface area contributed by atoms with E-state index in [-0.39, 0.29) is 23.5 Å². The van der Waals surface area contributed by atoms with E-state index in [2.05, 4.69) is 19.9 Å². The number of aromatic nitrogens is 12. The summed E-state index contributed by atoms with van der Waals surface area (Å²) in [5, 5.41) is 9.38. The summed E-state index contributed by atoms with van der Waals surface area (Å²) in [6.45, 7) is 5.48. The first-order chi connectivity index (χ1) is 29.2. The second-order valence-corrected chi connectivity index (χ2v) is 14.8. The van der Waals surface area contributed by atoms with E-state index in [0.29, 0.717) is 34.8 Å². The summed E-state index contributed by atoms with van der Waals surface area (Å²) in [4.78, 5) is 27.4. The Labute approximate surface area is 344 Å². The average molecular weight is 809 g/mol. The molecule has 2 aromatic carbocycles. The minimum Gasteiger partial charge on any atom is -0.479 e. The molecule has 0 unspecified atom stereocenters. The summed E-state index contributed by atoms with van der Waals surface area (Å²) in [6, 6.07) is 20.9. The Bertz CT molecular complexity index is 2580. The third-order valence-corrected chi connectivity index (χ3v) is 10.8. The minimum absolute atomic E-state index is 0.0932. The van der Waals surface area contributed by atoms with Crippen LogP contribution in [0.1, 0.15) is 71.7 Å². The topological polar surface area (TPSA) is 141 Å². The van der Waals surface area contributed by atoms with Gasteiger partial charge in [0.05, 0.1) is 38.3 Å². The molecule has 60 heavy (non-hydrogen) atoms. The van der Waals surface area contributed by atoms with E-state index >= 15 is 0 Å². The third-order valence-electron chi connectivity index (χ3n) is 10.8. The van der Waals surface area contributed by atoms with Crippen LogP contribution in [0.15, 0.2) is 97.8 Å². The number of benzene rings is 2. The number of nitrogens with zero attached hydrogens (tertiary/aromatic N) is 12. The molecule has 0 saturated carbocycles. The van der Waals surface area contributed by atoms with Crippen molar-refractivity contribution in [2.75, 3.05) is 14.2 Å². The second kappa shape index (κ2) is 16.3. The van der Waals surface area contributed by atoms with Gasteiger partial charge in [0.1, 0.15) is 46.0 Å². The molecule has 2 aliphatic heterocycles. The van der Waals surface area contributed by atoms with Crippen molar-refractivity contribution >= 4 is 0 Å². The molecule has 0 bridgehead atoms. The van der Waals surface area contributed by atoms with Crippen LogP contribution in [0, 0.1) is 25.5 Å². The maximum atomic E-state index is 13.3. The van der Waals surface area contributed by atoms with Gasteiger partial charge in [-0.2, -0.15) is 0 Å². The van der Waals surface area contributed by atoms with E-state index in [4.69, 9.17) is 29.6 Å². The highest BCUT2D eigenvalue weighted by atomic mass is 19.1. The lowest BCUT2D eigenvalue weighted by atomic mass is 9.91. The smallest absolute Gasteiger partial charge is 0.238 e. The molecule has 0 N–H and O–H groups in total. The van der Waals surface area contributed by atoms with E-state index in [1.54, 1.807) is 26.9 Å². The van der Waals surface area contributed by atoms with Gasteiger partial charge in [0.2, 0.25) is 11.8 Å². The maximum Gasteiger partial charge on any atom is 0.238 e. The third kappa shape index (κ3) is 7.63. The van der Waals surface area contributed by atoms with E-state index < -0.39 is 0 Å². The number of fused-ring (bicyclic) bond motifs is 2. The van der Waals surface area contributed by atoms with Crippen LogP contribution in [0.5, 0.6) is 11.8 Å². The van der Waals surface area contributed by atoms with Crippen molar-refractivity contribution < 1.29 is 18.3 Å². The van der Waals surface area contributed by atoms with Crippen LogP contribution in [0.4, 0.5) is 8.78 Å². The van der Waals surface area contributed by atoms with E-state index in [1.807, 2.05) is 93.3 Å². The van der Waals surface area contributed by atoms with Gasteiger partial charge >= 0.3 is 0 Å². The van der Waals surface area contributed by atoms with Crippen LogP contribution in [0.3, 0.4) is 0 Å². The van der Waals surface area contributed by atoms with Gasteiger partial charge in [0, 0.05) is 37.3 Å². The average Bonchev–Trinajstić information content (AvgIpc) is 4.11. The van der Waals surface area contributed by atoms with Gasteiger partial charge in [-0.1, -0.05) is 24.3 Å². The monoisotopic (exact) mass is 808 g/mol. The van der Waals surface area contributed by atoms with E-state index in [9.17, 15) is 8.78 Å². The lowest BCUT2D eigenvalue weighted by Crippen LogP contribution is -2.17. The number of hydrogen-bond donors (Lipinski definition) is 0. The highest BCUT2D eigenvalue weighted by Crippen LogP contribution is 2.36.